The molecule has 0 unspecified atom stereocenters. The number of benzene rings is 1. The van der Waals surface area contributed by atoms with E-state index >= 15 is 0 Å². The summed E-state index contributed by atoms with van der Waals surface area (Å²) in [6.45, 7) is 1.55. The number of hydrogen-bond acceptors (Lipinski definition) is 4. The highest BCUT2D eigenvalue weighted by Gasteiger charge is 2.23. The Kier molecular flexibility index (Phi) is 5.76. The summed E-state index contributed by atoms with van der Waals surface area (Å²) in [5.74, 6) is 2.48. The van der Waals surface area contributed by atoms with E-state index in [0.29, 0.717) is 12.6 Å². The van der Waals surface area contributed by atoms with Crippen LogP contribution < -0.4 is 10.6 Å². The van der Waals surface area contributed by atoms with E-state index in [1.807, 2.05) is 23.9 Å². The molecule has 1 aromatic rings. The van der Waals surface area contributed by atoms with Gasteiger partial charge < -0.3 is 15.4 Å². The molecule has 2 heterocycles. The van der Waals surface area contributed by atoms with E-state index in [2.05, 4.69) is 22.8 Å². The Bertz CT molecular complexity index is 497. The second-order valence-corrected chi connectivity index (χ2v) is 7.14. The Labute approximate surface area is 136 Å². The molecule has 2 fully saturated rings. The third kappa shape index (κ3) is 4.48. The summed E-state index contributed by atoms with van der Waals surface area (Å²) in [6.07, 6.45) is 4.09. The summed E-state index contributed by atoms with van der Waals surface area (Å²) < 4.78 is 5.42. The fourth-order valence-corrected chi connectivity index (χ4v) is 4.04. The topological polar surface area (TPSA) is 50.4 Å². The first-order valence-electron chi connectivity index (χ1n) is 8.14. The van der Waals surface area contributed by atoms with Crippen molar-refractivity contribution in [3.63, 3.8) is 0 Å². The SMILES string of the molecule is O=C(Nc1cccc(CN[C@@H]2CCCSC2)c1)[C@@H]1CCCO1. The molecule has 22 heavy (non-hydrogen) atoms. The fraction of sp³-hybridized carbons (Fsp3) is 0.588. The minimum atomic E-state index is -0.277. The van der Waals surface area contributed by atoms with Crippen molar-refractivity contribution in [3.05, 3.63) is 29.8 Å². The van der Waals surface area contributed by atoms with Gasteiger partial charge in [-0.1, -0.05) is 12.1 Å². The minimum Gasteiger partial charge on any atom is -0.368 e. The largest absolute Gasteiger partial charge is 0.368 e. The molecule has 1 aromatic carbocycles. The van der Waals surface area contributed by atoms with Crippen molar-refractivity contribution in [2.75, 3.05) is 23.4 Å². The van der Waals surface area contributed by atoms with E-state index in [9.17, 15) is 4.79 Å². The lowest BCUT2D eigenvalue weighted by molar-refractivity contribution is -0.124. The first-order valence-corrected chi connectivity index (χ1v) is 9.29. The van der Waals surface area contributed by atoms with Crippen molar-refractivity contribution in [1.29, 1.82) is 0 Å². The van der Waals surface area contributed by atoms with Gasteiger partial charge in [0, 0.05) is 30.6 Å². The highest BCUT2D eigenvalue weighted by Crippen LogP contribution is 2.19. The van der Waals surface area contributed by atoms with Gasteiger partial charge in [0.15, 0.2) is 0 Å². The Morgan fingerprint density at radius 2 is 2.27 bits per heavy atom. The molecule has 0 bridgehead atoms. The van der Waals surface area contributed by atoms with E-state index in [1.165, 1.54) is 29.9 Å². The first kappa shape index (κ1) is 15.8. The maximum Gasteiger partial charge on any atom is 0.253 e. The number of carbonyl (C=O) groups excluding carboxylic acids is 1. The Morgan fingerprint density at radius 3 is 3.05 bits per heavy atom. The van der Waals surface area contributed by atoms with Crippen LogP contribution in [0.15, 0.2) is 24.3 Å². The zero-order valence-electron chi connectivity index (χ0n) is 12.8. The summed E-state index contributed by atoms with van der Waals surface area (Å²) in [5.41, 5.74) is 2.07. The standard InChI is InChI=1S/C17H24N2O2S/c20-17(16-7-2-8-21-16)19-14-5-1-4-13(10-14)11-18-15-6-3-9-22-12-15/h1,4-5,10,15-16,18H,2-3,6-9,11-12H2,(H,19,20)/t15-,16+/m1/s1. The summed E-state index contributed by atoms with van der Waals surface area (Å²) in [6, 6.07) is 8.70. The number of nitrogens with one attached hydrogen (secondary N) is 2. The maximum atomic E-state index is 12.1. The van der Waals surface area contributed by atoms with Crippen LogP contribution >= 0.6 is 11.8 Å². The molecule has 2 saturated heterocycles. The summed E-state index contributed by atoms with van der Waals surface area (Å²) in [5, 5.41) is 6.58. The fourth-order valence-electron chi connectivity index (χ4n) is 2.93. The van der Waals surface area contributed by atoms with Gasteiger partial charge >= 0.3 is 0 Å². The van der Waals surface area contributed by atoms with Gasteiger partial charge in [0.25, 0.3) is 5.91 Å². The van der Waals surface area contributed by atoms with Crippen LogP contribution in [0.1, 0.15) is 31.2 Å². The van der Waals surface area contributed by atoms with Crippen LogP contribution in [-0.2, 0) is 16.1 Å². The average molecular weight is 320 g/mol. The van der Waals surface area contributed by atoms with Gasteiger partial charge in [-0.05, 0) is 49.1 Å². The highest BCUT2D eigenvalue weighted by atomic mass is 32.2. The van der Waals surface area contributed by atoms with Crippen molar-refractivity contribution < 1.29 is 9.53 Å². The second kappa shape index (κ2) is 7.99. The van der Waals surface area contributed by atoms with Crippen LogP contribution in [-0.4, -0.2) is 36.2 Å². The van der Waals surface area contributed by atoms with E-state index in [4.69, 9.17) is 4.74 Å². The van der Waals surface area contributed by atoms with Crippen LogP contribution in [0.2, 0.25) is 0 Å². The van der Waals surface area contributed by atoms with Crippen LogP contribution in [0.25, 0.3) is 0 Å². The zero-order chi connectivity index (χ0) is 15.2. The lowest BCUT2D eigenvalue weighted by Gasteiger charge is -2.22. The minimum absolute atomic E-state index is 0.0220. The van der Waals surface area contributed by atoms with Crippen LogP contribution in [0.5, 0.6) is 0 Å². The summed E-state index contributed by atoms with van der Waals surface area (Å²) >= 11 is 2.03. The van der Waals surface area contributed by atoms with E-state index in [0.717, 1.165) is 25.1 Å². The zero-order valence-corrected chi connectivity index (χ0v) is 13.7. The molecule has 120 valence electrons. The van der Waals surface area contributed by atoms with E-state index in [1.54, 1.807) is 0 Å². The molecule has 0 saturated carbocycles. The van der Waals surface area contributed by atoms with E-state index in [-0.39, 0.29) is 12.0 Å². The number of thioether (sulfide) groups is 1. The molecule has 1 amide bonds. The number of hydrogen-bond donors (Lipinski definition) is 2. The number of carbonyl (C=O) groups is 1. The van der Waals surface area contributed by atoms with Gasteiger partial charge in [-0.2, -0.15) is 11.8 Å². The van der Waals surface area contributed by atoms with Crippen molar-refractivity contribution in [1.82, 2.24) is 5.32 Å². The van der Waals surface area contributed by atoms with Crippen LogP contribution in [0.3, 0.4) is 0 Å². The lowest BCUT2D eigenvalue weighted by atomic mass is 10.1. The van der Waals surface area contributed by atoms with Crippen molar-refractivity contribution in [2.45, 2.75) is 44.4 Å². The maximum absolute atomic E-state index is 12.1. The van der Waals surface area contributed by atoms with Gasteiger partial charge in [-0.25, -0.2) is 0 Å². The number of amides is 1. The summed E-state index contributed by atoms with van der Waals surface area (Å²) in [4.78, 5) is 12.1. The molecule has 2 aliphatic rings. The molecule has 0 aromatic heterocycles. The average Bonchev–Trinajstić information content (AvgIpc) is 3.09. The molecular formula is C17H24N2O2S. The Morgan fingerprint density at radius 1 is 1.32 bits per heavy atom. The third-order valence-corrected chi connectivity index (χ3v) is 5.39. The molecule has 2 N–H and O–H groups in total. The number of ether oxygens (including phenoxy) is 1. The quantitative estimate of drug-likeness (QED) is 0.876. The Balaban J connectivity index is 1.51. The monoisotopic (exact) mass is 320 g/mol. The Hall–Kier alpha value is -1.04. The van der Waals surface area contributed by atoms with Crippen molar-refractivity contribution in [2.24, 2.45) is 0 Å². The summed E-state index contributed by atoms with van der Waals surface area (Å²) in [7, 11) is 0. The molecule has 2 aliphatic heterocycles. The molecule has 0 aliphatic carbocycles. The smallest absolute Gasteiger partial charge is 0.253 e. The molecule has 5 heteroatoms. The molecular weight excluding hydrogens is 296 g/mol. The van der Waals surface area contributed by atoms with Crippen molar-refractivity contribution >= 4 is 23.4 Å². The predicted molar refractivity (Wildman–Crippen MR) is 91.2 cm³/mol. The molecule has 4 nitrogen and oxygen atoms in total. The van der Waals surface area contributed by atoms with Gasteiger partial charge in [0.2, 0.25) is 0 Å². The van der Waals surface area contributed by atoms with Gasteiger partial charge in [-0.15, -0.1) is 0 Å². The molecule has 3 rings (SSSR count). The molecule has 0 spiro atoms. The van der Waals surface area contributed by atoms with Crippen LogP contribution in [0, 0.1) is 0 Å². The lowest BCUT2D eigenvalue weighted by Crippen LogP contribution is -2.33. The van der Waals surface area contributed by atoms with Gasteiger partial charge in [0.1, 0.15) is 6.10 Å². The highest BCUT2D eigenvalue weighted by molar-refractivity contribution is 7.99. The van der Waals surface area contributed by atoms with Crippen LogP contribution in [0.4, 0.5) is 5.69 Å². The molecule has 0 radical (unpaired) electrons. The predicted octanol–water partition coefficient (Wildman–Crippen LogP) is 2.79. The van der Waals surface area contributed by atoms with Gasteiger partial charge in [0.05, 0.1) is 0 Å². The number of anilines is 1. The third-order valence-electron chi connectivity index (χ3n) is 4.17. The van der Waals surface area contributed by atoms with Crippen molar-refractivity contribution in [3.8, 4) is 0 Å². The number of rotatable bonds is 5. The van der Waals surface area contributed by atoms with E-state index < -0.39 is 0 Å². The van der Waals surface area contributed by atoms with Gasteiger partial charge in [-0.3, -0.25) is 4.79 Å². The second-order valence-electron chi connectivity index (χ2n) is 5.99. The molecule has 2 atom stereocenters. The normalized spacial score (nSPS) is 25.1. The first-order chi connectivity index (χ1) is 10.8.